The molecule has 0 aliphatic carbocycles. The molecule has 14 nitrogen and oxygen atoms in total. The van der Waals surface area contributed by atoms with E-state index in [0.717, 1.165) is 5.56 Å². The molecule has 0 unspecified atom stereocenters. The van der Waals surface area contributed by atoms with E-state index in [4.69, 9.17) is 33.2 Å². The van der Waals surface area contributed by atoms with Crippen molar-refractivity contribution < 1.29 is 57.1 Å². The minimum absolute atomic E-state index is 0.0763. The van der Waals surface area contributed by atoms with E-state index in [9.17, 15) is 24.0 Å². The number of hydrogen-bond donors (Lipinski definition) is 1. The summed E-state index contributed by atoms with van der Waals surface area (Å²) in [7, 11) is 1.33. The minimum atomic E-state index is -1.48. The van der Waals surface area contributed by atoms with Crippen molar-refractivity contribution in [1.82, 2.24) is 10.3 Å². The highest BCUT2D eigenvalue weighted by Crippen LogP contribution is 2.30. The Bertz CT molecular complexity index is 1600. The molecule has 0 spiro atoms. The molecule has 260 valence electrons. The molecule has 0 saturated carbocycles. The monoisotopic (exact) mass is 678 g/mol. The molecule has 4 rings (SSSR count). The number of aromatic nitrogens is 1. The molecule has 1 saturated heterocycles. The number of carbonyl (C=O) groups excluding carboxylic acids is 5. The fraction of sp³-hybridized carbons (Fsp3) is 0.371. The van der Waals surface area contributed by atoms with E-state index < -0.39 is 79.9 Å². The van der Waals surface area contributed by atoms with Crippen LogP contribution in [0.3, 0.4) is 0 Å². The van der Waals surface area contributed by atoms with Crippen LogP contribution in [0.15, 0.2) is 72.9 Å². The number of cyclic esters (lactones) is 2. The van der Waals surface area contributed by atoms with Crippen LogP contribution < -0.4 is 19.5 Å². The number of benzene rings is 2. The lowest BCUT2D eigenvalue weighted by Gasteiger charge is -2.29. The molecule has 2 heterocycles. The molecule has 1 aliphatic heterocycles. The number of pyridine rings is 1. The van der Waals surface area contributed by atoms with Crippen molar-refractivity contribution >= 4 is 29.8 Å². The SMILES string of the molecule is COc1ccnc(C(=O)N[C@H]2COC(=O)[C@H](Cc3ccccc3)[C@@H](OC(=O)C(C)C)[C@H](C)OC2=O)c1OCOC(=O)COc1ccccc1. The van der Waals surface area contributed by atoms with Crippen LogP contribution in [0.25, 0.3) is 0 Å². The van der Waals surface area contributed by atoms with E-state index in [0.29, 0.717) is 5.75 Å². The summed E-state index contributed by atoms with van der Waals surface area (Å²) in [6, 6.07) is 17.6. The predicted octanol–water partition coefficient (Wildman–Crippen LogP) is 3.06. The van der Waals surface area contributed by atoms with E-state index in [1.807, 2.05) is 6.07 Å². The summed E-state index contributed by atoms with van der Waals surface area (Å²) in [4.78, 5) is 69.2. The summed E-state index contributed by atoms with van der Waals surface area (Å²) < 4.78 is 38.1. The highest BCUT2D eigenvalue weighted by molar-refractivity contribution is 5.98. The number of rotatable bonds is 13. The standard InChI is InChI=1S/C35H38N2O12/c1-21(2)33(40)49-30-22(3)48-35(42)26(18-45-34(41)25(30)17-23-11-7-5-8-12-23)37-32(39)29-31(27(43-4)15-16-36-29)47-20-46-28(38)19-44-24-13-9-6-10-14-24/h5-16,21-22,25-26,30H,17-20H2,1-4H3,(H,37,39)/t22-,25+,26-,30-/m0/s1. The first-order valence-electron chi connectivity index (χ1n) is 15.5. The third kappa shape index (κ3) is 10.2. The van der Waals surface area contributed by atoms with Gasteiger partial charge in [0.25, 0.3) is 5.91 Å². The molecule has 1 amide bonds. The van der Waals surface area contributed by atoms with E-state index in [1.54, 1.807) is 68.4 Å². The minimum Gasteiger partial charge on any atom is -0.493 e. The van der Waals surface area contributed by atoms with Crippen molar-refractivity contribution in [2.45, 2.75) is 45.4 Å². The highest BCUT2D eigenvalue weighted by atomic mass is 16.7. The molecule has 4 atom stereocenters. The summed E-state index contributed by atoms with van der Waals surface area (Å²) in [6.45, 7) is 3.16. The van der Waals surface area contributed by atoms with E-state index >= 15 is 0 Å². The van der Waals surface area contributed by atoms with Crippen molar-refractivity contribution in [3.8, 4) is 17.2 Å². The van der Waals surface area contributed by atoms with Gasteiger partial charge in [-0.25, -0.2) is 14.6 Å². The zero-order chi connectivity index (χ0) is 35.3. The maximum absolute atomic E-state index is 13.5. The van der Waals surface area contributed by atoms with Crippen LogP contribution in [0.2, 0.25) is 0 Å². The average Bonchev–Trinajstić information content (AvgIpc) is 3.13. The molecule has 1 fully saturated rings. The summed E-state index contributed by atoms with van der Waals surface area (Å²) in [5.41, 5.74) is 0.442. The Balaban J connectivity index is 1.47. The number of carbonyl (C=O) groups is 5. The first-order valence-corrected chi connectivity index (χ1v) is 15.5. The lowest BCUT2D eigenvalue weighted by atomic mass is 9.91. The fourth-order valence-corrected chi connectivity index (χ4v) is 4.72. The number of ether oxygens (including phenoxy) is 7. The molecular formula is C35H38N2O12. The van der Waals surface area contributed by atoms with Gasteiger partial charge in [-0.1, -0.05) is 62.4 Å². The van der Waals surface area contributed by atoms with Crippen molar-refractivity contribution in [3.63, 3.8) is 0 Å². The molecule has 1 N–H and O–H groups in total. The van der Waals surface area contributed by atoms with Gasteiger partial charge in [-0.15, -0.1) is 0 Å². The van der Waals surface area contributed by atoms with Crippen LogP contribution >= 0.6 is 0 Å². The van der Waals surface area contributed by atoms with Gasteiger partial charge in [0.05, 0.1) is 13.0 Å². The Morgan fingerprint density at radius 2 is 1.65 bits per heavy atom. The molecule has 1 aromatic heterocycles. The first kappa shape index (κ1) is 36.2. The maximum atomic E-state index is 13.5. The Labute approximate surface area is 282 Å². The van der Waals surface area contributed by atoms with Gasteiger partial charge in [0.2, 0.25) is 6.79 Å². The average molecular weight is 679 g/mol. The third-order valence-electron chi connectivity index (χ3n) is 7.29. The third-order valence-corrected chi connectivity index (χ3v) is 7.29. The molecule has 1 aliphatic rings. The largest absolute Gasteiger partial charge is 0.493 e. The molecule has 14 heteroatoms. The molecule has 3 aromatic rings. The predicted molar refractivity (Wildman–Crippen MR) is 170 cm³/mol. The normalized spacial score (nSPS) is 19.2. The number of esters is 4. The van der Waals surface area contributed by atoms with Crippen molar-refractivity contribution in [2.75, 3.05) is 27.1 Å². The number of methoxy groups -OCH3 is 1. The Kier molecular flexibility index (Phi) is 12.9. The smallest absolute Gasteiger partial charge is 0.347 e. The number of nitrogens with one attached hydrogen (secondary N) is 1. The van der Waals surface area contributed by atoms with Crippen LogP contribution in [-0.2, 0) is 44.5 Å². The quantitative estimate of drug-likeness (QED) is 0.159. The summed E-state index contributed by atoms with van der Waals surface area (Å²) >= 11 is 0. The topological polar surface area (TPSA) is 175 Å². The number of nitrogens with zero attached hydrogens (tertiary/aromatic N) is 1. The Morgan fingerprint density at radius 3 is 2.33 bits per heavy atom. The number of hydrogen-bond acceptors (Lipinski definition) is 13. The molecule has 49 heavy (non-hydrogen) atoms. The molecule has 0 radical (unpaired) electrons. The molecule has 2 aromatic carbocycles. The van der Waals surface area contributed by atoms with Gasteiger partial charge in [0, 0.05) is 12.3 Å². The maximum Gasteiger partial charge on any atom is 0.347 e. The first-order chi connectivity index (χ1) is 23.6. The van der Waals surface area contributed by atoms with Crippen LogP contribution in [-0.4, -0.2) is 80.1 Å². The molecular weight excluding hydrogens is 640 g/mol. The van der Waals surface area contributed by atoms with Gasteiger partial charge < -0.3 is 38.5 Å². The zero-order valence-electron chi connectivity index (χ0n) is 27.5. The van der Waals surface area contributed by atoms with Crippen LogP contribution in [0.1, 0.15) is 36.8 Å². The second-order valence-electron chi connectivity index (χ2n) is 11.2. The van der Waals surface area contributed by atoms with Crippen LogP contribution in [0.4, 0.5) is 0 Å². The van der Waals surface area contributed by atoms with Gasteiger partial charge in [0.1, 0.15) is 24.4 Å². The Morgan fingerprint density at radius 1 is 0.959 bits per heavy atom. The van der Waals surface area contributed by atoms with Gasteiger partial charge in [-0.05, 0) is 31.0 Å². The Hall–Kier alpha value is -5.66. The van der Waals surface area contributed by atoms with Gasteiger partial charge in [-0.3, -0.25) is 14.4 Å². The van der Waals surface area contributed by atoms with Crippen molar-refractivity contribution in [2.24, 2.45) is 11.8 Å². The lowest BCUT2D eigenvalue weighted by Crippen LogP contribution is -2.47. The van der Waals surface area contributed by atoms with E-state index in [-0.39, 0.29) is 23.6 Å². The second kappa shape index (κ2) is 17.5. The summed E-state index contributed by atoms with van der Waals surface area (Å²) in [5.74, 6) is -5.14. The lowest BCUT2D eigenvalue weighted by molar-refractivity contribution is -0.176. The highest BCUT2D eigenvalue weighted by Gasteiger charge is 2.42. The molecule has 0 bridgehead atoms. The van der Waals surface area contributed by atoms with Crippen molar-refractivity contribution in [3.05, 3.63) is 84.2 Å². The number of amides is 1. The zero-order valence-corrected chi connectivity index (χ0v) is 27.5. The van der Waals surface area contributed by atoms with Gasteiger partial charge >= 0.3 is 23.9 Å². The van der Waals surface area contributed by atoms with E-state index in [2.05, 4.69) is 10.3 Å². The summed E-state index contributed by atoms with van der Waals surface area (Å²) in [6.07, 6.45) is -0.872. The second-order valence-corrected chi connectivity index (χ2v) is 11.2. The number of para-hydroxylation sites is 1. The van der Waals surface area contributed by atoms with Crippen LogP contribution in [0.5, 0.6) is 17.2 Å². The van der Waals surface area contributed by atoms with E-state index in [1.165, 1.54) is 26.3 Å². The van der Waals surface area contributed by atoms with Crippen LogP contribution in [0, 0.1) is 11.8 Å². The fourth-order valence-electron chi connectivity index (χ4n) is 4.72. The van der Waals surface area contributed by atoms with Crippen molar-refractivity contribution in [1.29, 1.82) is 0 Å². The van der Waals surface area contributed by atoms with Gasteiger partial charge in [-0.2, -0.15) is 0 Å². The summed E-state index contributed by atoms with van der Waals surface area (Å²) in [5, 5.41) is 2.47. The van der Waals surface area contributed by atoms with Gasteiger partial charge in [0.15, 0.2) is 35.9 Å².